The molecule has 3 unspecified atom stereocenters. The van der Waals surface area contributed by atoms with E-state index in [1.54, 1.807) is 29.7 Å². The number of esters is 1. The number of halogens is 1. The molecular weight excluding hydrogens is 484 g/mol. The summed E-state index contributed by atoms with van der Waals surface area (Å²) in [5.74, 6) is -1.88. The van der Waals surface area contributed by atoms with Crippen LogP contribution in [0.25, 0.3) is 0 Å². The summed E-state index contributed by atoms with van der Waals surface area (Å²) < 4.78 is 4.63. The summed E-state index contributed by atoms with van der Waals surface area (Å²) in [4.78, 5) is 43.5. The minimum atomic E-state index is -0.701. The fourth-order valence-corrected chi connectivity index (χ4v) is 9.03. The average Bonchev–Trinajstić information content (AvgIpc) is 3.32. The first-order valence-electron chi connectivity index (χ1n) is 11.2. The number of likely N-dealkylation sites (tertiary alicyclic amines) is 1. The quantitative estimate of drug-likeness (QED) is 0.196. The zero-order valence-corrected chi connectivity index (χ0v) is 20.7. The molecule has 0 aromatic heterocycles. The van der Waals surface area contributed by atoms with E-state index in [1.165, 1.54) is 4.90 Å². The standard InChI is InChI=1S/C22H33BrN2O5S/c1-4-7-8-10-24(9-5-2)20(28)18-22-13-14(23)17(31-22)15(21(29)30-6-3)16(22)19(27)25(18)11-12-26/h5,14-18,26H,2,4,6-13H2,1,3H3/t14?,15-,16-,17-,18?,22?/m0/s1. The van der Waals surface area contributed by atoms with E-state index in [1.807, 2.05) is 0 Å². The average molecular weight is 517 g/mol. The Labute approximate surface area is 197 Å². The Bertz CT molecular complexity index is 722. The Morgan fingerprint density at radius 3 is 2.77 bits per heavy atom. The number of β-amino-alcohol motifs (C(OH)–C–C–N with tert-alkyl or cyclic N) is 1. The zero-order valence-electron chi connectivity index (χ0n) is 18.3. The number of carbonyl (C=O) groups is 3. The highest BCUT2D eigenvalue weighted by Gasteiger charge is 2.76. The van der Waals surface area contributed by atoms with Crippen LogP contribution in [0.2, 0.25) is 0 Å². The Hall–Kier alpha value is -1.06. The third-order valence-corrected chi connectivity index (χ3v) is 9.84. The summed E-state index contributed by atoms with van der Waals surface area (Å²) in [5.41, 5.74) is 0. The van der Waals surface area contributed by atoms with Crippen LogP contribution in [0.1, 0.15) is 39.5 Å². The third-order valence-electron chi connectivity index (χ3n) is 6.62. The third kappa shape index (κ3) is 4.17. The number of hydrogen-bond acceptors (Lipinski definition) is 6. The van der Waals surface area contributed by atoms with Gasteiger partial charge in [0, 0.05) is 29.7 Å². The van der Waals surface area contributed by atoms with Gasteiger partial charge in [-0.15, -0.1) is 18.3 Å². The molecular formula is C22H33BrN2O5S. The molecule has 31 heavy (non-hydrogen) atoms. The number of ether oxygens (including phenoxy) is 1. The molecule has 2 amide bonds. The van der Waals surface area contributed by atoms with Gasteiger partial charge in [0.15, 0.2) is 0 Å². The minimum Gasteiger partial charge on any atom is -0.466 e. The molecule has 0 aliphatic carbocycles. The smallest absolute Gasteiger partial charge is 0.310 e. The van der Waals surface area contributed by atoms with E-state index in [2.05, 4.69) is 29.4 Å². The van der Waals surface area contributed by atoms with Gasteiger partial charge in [-0.05, 0) is 19.8 Å². The van der Waals surface area contributed by atoms with Gasteiger partial charge >= 0.3 is 5.97 Å². The summed E-state index contributed by atoms with van der Waals surface area (Å²) in [6.07, 6.45) is 5.29. The Kier molecular flexibility index (Phi) is 8.13. The molecule has 7 nitrogen and oxygen atoms in total. The normalized spacial score (nSPS) is 33.5. The summed E-state index contributed by atoms with van der Waals surface area (Å²) in [5, 5.41) is 9.55. The number of thioether (sulfide) groups is 1. The van der Waals surface area contributed by atoms with Crippen LogP contribution in [-0.2, 0) is 19.1 Å². The monoisotopic (exact) mass is 516 g/mol. The van der Waals surface area contributed by atoms with Gasteiger partial charge in [-0.25, -0.2) is 0 Å². The first-order valence-corrected chi connectivity index (χ1v) is 13.0. The van der Waals surface area contributed by atoms with Crippen LogP contribution in [-0.4, -0.2) is 86.4 Å². The SMILES string of the molecule is C=CCN(CCCCC)C(=O)C1N(CCO)C(=O)[C@@H]2[C@H](C(=O)OCC)[C@H]3SC12CC3Br. The summed E-state index contributed by atoms with van der Waals surface area (Å²) in [6.45, 7) is 8.78. The van der Waals surface area contributed by atoms with Crippen molar-refractivity contribution in [2.75, 3.05) is 32.8 Å². The lowest BCUT2D eigenvalue weighted by atomic mass is 9.71. The van der Waals surface area contributed by atoms with Crippen molar-refractivity contribution in [1.82, 2.24) is 9.80 Å². The van der Waals surface area contributed by atoms with E-state index >= 15 is 0 Å². The number of unbranched alkanes of at least 4 members (excludes halogenated alkanes) is 2. The molecule has 3 saturated heterocycles. The van der Waals surface area contributed by atoms with Gasteiger partial charge in [0.05, 0.1) is 29.8 Å². The fraction of sp³-hybridized carbons (Fsp3) is 0.773. The molecule has 174 valence electrons. The first-order chi connectivity index (χ1) is 14.9. The number of amides is 2. The van der Waals surface area contributed by atoms with Crippen molar-refractivity contribution >= 4 is 45.5 Å². The van der Waals surface area contributed by atoms with Crippen LogP contribution in [0.15, 0.2) is 12.7 Å². The molecule has 3 fully saturated rings. The van der Waals surface area contributed by atoms with Crippen molar-refractivity contribution in [1.29, 1.82) is 0 Å². The Morgan fingerprint density at radius 1 is 1.42 bits per heavy atom. The summed E-state index contributed by atoms with van der Waals surface area (Å²) in [6, 6.07) is -0.701. The largest absolute Gasteiger partial charge is 0.466 e. The van der Waals surface area contributed by atoms with Crippen LogP contribution in [0.3, 0.4) is 0 Å². The number of aliphatic hydroxyl groups is 1. The van der Waals surface area contributed by atoms with Gasteiger partial charge in [0.25, 0.3) is 0 Å². The van der Waals surface area contributed by atoms with Crippen molar-refractivity contribution in [3.8, 4) is 0 Å². The maximum Gasteiger partial charge on any atom is 0.310 e. The number of carbonyl (C=O) groups excluding carboxylic acids is 3. The number of hydrogen-bond donors (Lipinski definition) is 1. The molecule has 0 radical (unpaired) electrons. The van der Waals surface area contributed by atoms with Gasteiger partial charge < -0.3 is 19.6 Å². The lowest BCUT2D eigenvalue weighted by Gasteiger charge is -2.37. The first kappa shape index (κ1) is 24.6. The molecule has 3 aliphatic heterocycles. The number of alkyl halides is 1. The molecule has 0 aromatic carbocycles. The minimum absolute atomic E-state index is 0.0216. The van der Waals surface area contributed by atoms with Crippen molar-refractivity contribution in [3.05, 3.63) is 12.7 Å². The van der Waals surface area contributed by atoms with Crippen LogP contribution < -0.4 is 0 Å². The van der Waals surface area contributed by atoms with Crippen molar-refractivity contribution in [3.63, 3.8) is 0 Å². The molecule has 0 aromatic rings. The van der Waals surface area contributed by atoms with Crippen molar-refractivity contribution < 1.29 is 24.2 Å². The second-order valence-corrected chi connectivity index (χ2v) is 11.2. The number of aliphatic hydroxyl groups excluding tert-OH is 1. The van der Waals surface area contributed by atoms with E-state index in [-0.39, 0.29) is 47.6 Å². The highest BCUT2D eigenvalue weighted by Crippen LogP contribution is 2.67. The molecule has 3 rings (SSSR count). The molecule has 9 heteroatoms. The Morgan fingerprint density at radius 2 is 2.16 bits per heavy atom. The second-order valence-electron chi connectivity index (χ2n) is 8.45. The fourth-order valence-electron chi connectivity index (χ4n) is 5.44. The summed E-state index contributed by atoms with van der Waals surface area (Å²) >= 11 is 5.30. The van der Waals surface area contributed by atoms with E-state index in [4.69, 9.17) is 4.74 Å². The highest BCUT2D eigenvalue weighted by atomic mass is 79.9. The van der Waals surface area contributed by atoms with Gasteiger partial charge in [0.1, 0.15) is 6.04 Å². The zero-order chi connectivity index (χ0) is 22.8. The molecule has 2 bridgehead atoms. The van der Waals surface area contributed by atoms with Crippen LogP contribution in [0.4, 0.5) is 0 Å². The van der Waals surface area contributed by atoms with Gasteiger partial charge in [-0.2, -0.15) is 0 Å². The molecule has 0 saturated carbocycles. The molecule has 6 atom stereocenters. The topological polar surface area (TPSA) is 87.2 Å². The second kappa shape index (κ2) is 10.3. The van der Waals surface area contributed by atoms with Crippen LogP contribution in [0, 0.1) is 11.8 Å². The lowest BCUT2D eigenvalue weighted by molar-refractivity contribution is -0.153. The molecule has 3 aliphatic rings. The molecule has 1 spiro atoms. The van der Waals surface area contributed by atoms with E-state index in [0.717, 1.165) is 19.3 Å². The number of fused-ring (bicyclic) bond motifs is 1. The van der Waals surface area contributed by atoms with Gasteiger partial charge in [-0.3, -0.25) is 14.4 Å². The maximum absolute atomic E-state index is 13.9. The van der Waals surface area contributed by atoms with Crippen LogP contribution >= 0.6 is 27.7 Å². The van der Waals surface area contributed by atoms with Crippen molar-refractivity contribution in [2.45, 2.75) is 60.4 Å². The lowest BCUT2D eigenvalue weighted by Crippen LogP contribution is -2.55. The van der Waals surface area contributed by atoms with Gasteiger partial charge in [0.2, 0.25) is 11.8 Å². The van der Waals surface area contributed by atoms with Crippen molar-refractivity contribution in [2.24, 2.45) is 11.8 Å². The Balaban J connectivity index is 1.98. The highest BCUT2D eigenvalue weighted by molar-refractivity contribution is 9.09. The summed E-state index contributed by atoms with van der Waals surface area (Å²) in [7, 11) is 0. The molecule has 3 heterocycles. The predicted octanol–water partition coefficient (Wildman–Crippen LogP) is 2.21. The number of nitrogens with zero attached hydrogens (tertiary/aromatic N) is 2. The molecule has 1 N–H and O–H groups in total. The number of rotatable bonds is 11. The predicted molar refractivity (Wildman–Crippen MR) is 124 cm³/mol. The van der Waals surface area contributed by atoms with E-state index in [0.29, 0.717) is 19.5 Å². The maximum atomic E-state index is 13.9. The van der Waals surface area contributed by atoms with E-state index in [9.17, 15) is 19.5 Å². The van der Waals surface area contributed by atoms with Gasteiger partial charge in [-0.1, -0.05) is 41.8 Å². The van der Waals surface area contributed by atoms with E-state index < -0.39 is 22.6 Å². The van der Waals surface area contributed by atoms with Crippen LogP contribution in [0.5, 0.6) is 0 Å².